The molecule has 1 unspecified atom stereocenters. The summed E-state index contributed by atoms with van der Waals surface area (Å²) in [6.07, 6.45) is 3.98. The van der Waals surface area contributed by atoms with Crippen molar-refractivity contribution in [3.63, 3.8) is 0 Å². The van der Waals surface area contributed by atoms with Gasteiger partial charge in [0, 0.05) is 60.7 Å². The summed E-state index contributed by atoms with van der Waals surface area (Å²) >= 11 is 6.26. The van der Waals surface area contributed by atoms with Crippen LogP contribution in [0.25, 0.3) is 0 Å². The molecule has 39 heavy (non-hydrogen) atoms. The monoisotopic (exact) mass is 537 g/mol. The smallest absolute Gasteiger partial charge is 0.232 e. The van der Waals surface area contributed by atoms with Crippen LogP contribution in [0.4, 0.5) is 17.1 Å². The molecule has 0 saturated carbocycles. The summed E-state index contributed by atoms with van der Waals surface area (Å²) in [7, 11) is 2.07. The Morgan fingerprint density at radius 2 is 1.64 bits per heavy atom. The summed E-state index contributed by atoms with van der Waals surface area (Å²) < 4.78 is 0. The minimum absolute atomic E-state index is 0.0750. The third-order valence-corrected chi connectivity index (χ3v) is 7.66. The summed E-state index contributed by atoms with van der Waals surface area (Å²) in [4.78, 5) is 24.2. The van der Waals surface area contributed by atoms with Crippen molar-refractivity contribution in [3.05, 3.63) is 125 Å². The zero-order chi connectivity index (χ0) is 27.5. The number of carbonyl (C=O) groups excluding carboxylic acids is 1. The van der Waals surface area contributed by atoms with Gasteiger partial charge in [-0.15, -0.1) is 0 Å². The normalized spacial score (nSPS) is 14.9. The molecule has 0 fully saturated rings. The lowest BCUT2D eigenvalue weighted by Gasteiger charge is -2.39. The molecule has 1 aliphatic rings. The number of anilines is 3. The number of amides is 1. The molecule has 0 bridgehead atoms. The summed E-state index contributed by atoms with van der Waals surface area (Å²) in [6.45, 7) is 9.92. The zero-order valence-corrected chi connectivity index (χ0v) is 23.5. The molecule has 0 aliphatic carbocycles. The van der Waals surface area contributed by atoms with Crippen molar-refractivity contribution in [1.29, 1.82) is 0 Å². The number of hydrogen-bond donors (Lipinski definition) is 0. The second kappa shape index (κ2) is 11.5. The van der Waals surface area contributed by atoms with Crippen LogP contribution in [0.15, 0.2) is 91.3 Å². The molecular weight excluding hydrogens is 504 g/mol. The lowest BCUT2D eigenvalue weighted by Crippen LogP contribution is -2.41. The van der Waals surface area contributed by atoms with Crippen LogP contribution >= 0.6 is 11.6 Å². The van der Waals surface area contributed by atoms with E-state index in [2.05, 4.69) is 72.9 Å². The van der Waals surface area contributed by atoms with Crippen LogP contribution in [0, 0.1) is 6.92 Å². The van der Waals surface area contributed by atoms with Gasteiger partial charge in [-0.3, -0.25) is 9.78 Å². The number of hydrogen-bond acceptors (Lipinski definition) is 4. The lowest BCUT2D eigenvalue weighted by molar-refractivity contribution is -0.118. The van der Waals surface area contributed by atoms with Crippen LogP contribution in [0.2, 0.25) is 5.02 Å². The first-order valence-electron chi connectivity index (χ1n) is 13.3. The second-order valence-electron chi connectivity index (χ2n) is 10.3. The fraction of sp³-hybridized carbons (Fsp3) is 0.242. The fourth-order valence-electron chi connectivity index (χ4n) is 5.38. The Bertz CT molecular complexity index is 1420. The number of rotatable bonds is 8. The van der Waals surface area contributed by atoms with Crippen LogP contribution in [0.3, 0.4) is 0 Å². The van der Waals surface area contributed by atoms with Gasteiger partial charge < -0.3 is 14.7 Å². The Morgan fingerprint density at radius 3 is 2.28 bits per heavy atom. The first-order chi connectivity index (χ1) is 18.9. The van der Waals surface area contributed by atoms with Gasteiger partial charge in [-0.2, -0.15) is 0 Å². The van der Waals surface area contributed by atoms with Crippen LogP contribution in [0.1, 0.15) is 42.1 Å². The van der Waals surface area contributed by atoms with Gasteiger partial charge in [0.25, 0.3) is 0 Å². The largest absolute Gasteiger partial charge is 0.370 e. The highest BCUT2D eigenvalue weighted by molar-refractivity contribution is 6.30. The Balaban J connectivity index is 1.53. The summed E-state index contributed by atoms with van der Waals surface area (Å²) in [5, 5.41) is 0.672. The maximum absolute atomic E-state index is 13.7. The molecule has 0 N–H and O–H groups in total. The van der Waals surface area contributed by atoms with Crippen molar-refractivity contribution in [2.45, 2.75) is 38.9 Å². The van der Waals surface area contributed by atoms with Gasteiger partial charge >= 0.3 is 0 Å². The second-order valence-corrected chi connectivity index (χ2v) is 10.7. The maximum Gasteiger partial charge on any atom is 0.232 e. The molecule has 1 atom stereocenters. The molecule has 5 nitrogen and oxygen atoms in total. The molecular formula is C33H34ClN4O. The van der Waals surface area contributed by atoms with E-state index in [4.69, 9.17) is 11.6 Å². The molecule has 0 spiro atoms. The van der Waals surface area contributed by atoms with E-state index < -0.39 is 0 Å². The van der Waals surface area contributed by atoms with Crippen molar-refractivity contribution in [3.8, 4) is 0 Å². The number of aromatic nitrogens is 1. The van der Waals surface area contributed by atoms with Gasteiger partial charge in [-0.25, -0.2) is 0 Å². The predicted octanol–water partition coefficient (Wildman–Crippen LogP) is 7.10. The number of nitrogens with zero attached hydrogens (tertiary/aromatic N) is 4. The van der Waals surface area contributed by atoms with E-state index in [1.54, 1.807) is 0 Å². The number of pyridine rings is 1. The number of carbonyl (C=O) groups is 1. The SMILES string of the molecule is [CH2]CN(c1ccc2c(c1)C(c1ccc(Cl)cc1)N(c1ccc(N(C)Cc3ccncc3)cc1)C(=O)C2)C(C)C. The van der Waals surface area contributed by atoms with Gasteiger partial charge in [-0.05, 0) is 104 Å². The highest BCUT2D eigenvalue weighted by Crippen LogP contribution is 2.41. The first kappa shape index (κ1) is 26.8. The number of halogens is 1. The number of benzene rings is 3. The molecule has 5 rings (SSSR count). The van der Waals surface area contributed by atoms with E-state index >= 15 is 0 Å². The van der Waals surface area contributed by atoms with E-state index in [1.165, 1.54) is 5.56 Å². The highest BCUT2D eigenvalue weighted by Gasteiger charge is 2.35. The van der Waals surface area contributed by atoms with Crippen molar-refractivity contribution in [2.24, 2.45) is 0 Å². The summed E-state index contributed by atoms with van der Waals surface area (Å²) in [5.41, 5.74) is 7.46. The first-order valence-corrected chi connectivity index (χ1v) is 13.7. The van der Waals surface area contributed by atoms with Crippen LogP contribution in [-0.4, -0.2) is 30.5 Å². The van der Waals surface area contributed by atoms with E-state index in [0.717, 1.165) is 40.3 Å². The topological polar surface area (TPSA) is 39.7 Å². The lowest BCUT2D eigenvalue weighted by atomic mass is 9.86. The Labute approximate surface area is 236 Å². The van der Waals surface area contributed by atoms with E-state index in [9.17, 15) is 4.79 Å². The predicted molar refractivity (Wildman–Crippen MR) is 162 cm³/mol. The molecule has 1 amide bonds. The van der Waals surface area contributed by atoms with Gasteiger partial charge in [0.1, 0.15) is 0 Å². The quantitative estimate of drug-likeness (QED) is 0.240. The van der Waals surface area contributed by atoms with Crippen LogP contribution in [0.5, 0.6) is 0 Å². The number of fused-ring (bicyclic) bond motifs is 1. The average molecular weight is 538 g/mol. The van der Waals surface area contributed by atoms with Crippen LogP contribution < -0.4 is 14.7 Å². The Kier molecular flexibility index (Phi) is 7.89. The minimum atomic E-state index is -0.266. The molecule has 4 aromatic rings. The third kappa shape index (κ3) is 5.64. The van der Waals surface area contributed by atoms with Crippen molar-refractivity contribution >= 4 is 34.6 Å². The van der Waals surface area contributed by atoms with Crippen molar-refractivity contribution in [1.82, 2.24) is 4.98 Å². The molecule has 199 valence electrons. The Morgan fingerprint density at radius 1 is 0.974 bits per heavy atom. The summed E-state index contributed by atoms with van der Waals surface area (Å²) in [6, 6.07) is 26.6. The highest BCUT2D eigenvalue weighted by atomic mass is 35.5. The molecule has 1 radical (unpaired) electrons. The minimum Gasteiger partial charge on any atom is -0.370 e. The van der Waals surface area contributed by atoms with Gasteiger partial charge in [0.2, 0.25) is 5.91 Å². The zero-order valence-electron chi connectivity index (χ0n) is 22.7. The third-order valence-electron chi connectivity index (χ3n) is 7.41. The summed E-state index contributed by atoms with van der Waals surface area (Å²) in [5.74, 6) is 0.0750. The van der Waals surface area contributed by atoms with Gasteiger partial charge in [0.05, 0.1) is 12.5 Å². The molecule has 2 heterocycles. The molecule has 1 aromatic heterocycles. The van der Waals surface area contributed by atoms with Gasteiger partial charge in [-0.1, -0.05) is 29.8 Å². The van der Waals surface area contributed by atoms with E-state index in [-0.39, 0.29) is 11.9 Å². The van der Waals surface area contributed by atoms with E-state index in [0.29, 0.717) is 24.0 Å². The van der Waals surface area contributed by atoms with Gasteiger partial charge in [0.15, 0.2) is 0 Å². The molecule has 3 aromatic carbocycles. The van der Waals surface area contributed by atoms with Crippen LogP contribution in [-0.2, 0) is 17.8 Å². The molecule has 1 aliphatic heterocycles. The molecule has 6 heteroatoms. The van der Waals surface area contributed by atoms with Crippen molar-refractivity contribution in [2.75, 3.05) is 28.3 Å². The average Bonchev–Trinajstić information content (AvgIpc) is 2.94. The van der Waals surface area contributed by atoms with Crippen molar-refractivity contribution < 1.29 is 4.79 Å². The molecule has 0 saturated heterocycles. The Hall–Kier alpha value is -3.83. The maximum atomic E-state index is 13.7. The standard InChI is InChI=1S/C33H34ClN4O/c1-5-37(23(2)3)30-11-8-26-20-32(39)38(33(31(26)21-30)25-6-9-27(34)10-7-25)29-14-12-28(13-15-29)36(4)22-24-16-18-35-19-17-24/h6-19,21,23,33H,1,5,20,22H2,2-4H3. The fourth-order valence-corrected chi connectivity index (χ4v) is 5.51. The van der Waals surface area contributed by atoms with E-state index in [1.807, 2.05) is 65.8 Å².